The minimum Gasteiger partial charge on any atom is -0.497 e. The summed E-state index contributed by atoms with van der Waals surface area (Å²) in [5.74, 6) is 0.736. The topological polar surface area (TPSA) is 58.6 Å². The van der Waals surface area contributed by atoms with Crippen molar-refractivity contribution in [3.05, 3.63) is 59.1 Å². The lowest BCUT2D eigenvalue weighted by molar-refractivity contribution is 0.298. The number of hydrogen-bond acceptors (Lipinski definition) is 4. The molecule has 2 rings (SSSR count). The van der Waals surface area contributed by atoms with Gasteiger partial charge in [0.25, 0.3) is 0 Å². The van der Waals surface area contributed by atoms with Crippen LogP contribution in [-0.4, -0.2) is 41.1 Å². The van der Waals surface area contributed by atoms with E-state index in [1.165, 1.54) is 12.1 Å². The average Bonchev–Trinajstić information content (AvgIpc) is 2.55. The molecule has 0 heterocycles. The summed E-state index contributed by atoms with van der Waals surface area (Å²) in [6, 6.07) is 13.6. The molecular weight excluding hydrogens is 348 g/mol. The van der Waals surface area contributed by atoms with Gasteiger partial charge in [0.15, 0.2) is 0 Å². The number of sulfonamides is 1. The van der Waals surface area contributed by atoms with E-state index in [1.54, 1.807) is 19.2 Å². The van der Waals surface area contributed by atoms with Crippen LogP contribution in [0, 0.1) is 0 Å². The molecule has 0 amide bonds. The zero-order chi connectivity index (χ0) is 17.7. The van der Waals surface area contributed by atoms with Crippen LogP contribution in [0.3, 0.4) is 0 Å². The molecule has 2 aromatic carbocycles. The molecule has 1 N–H and O–H groups in total. The van der Waals surface area contributed by atoms with Crippen LogP contribution in [0.2, 0.25) is 5.02 Å². The Morgan fingerprint density at radius 2 is 1.83 bits per heavy atom. The van der Waals surface area contributed by atoms with Gasteiger partial charge in [-0.15, -0.1) is 0 Å². The van der Waals surface area contributed by atoms with Crippen LogP contribution in [-0.2, 0) is 10.0 Å². The van der Waals surface area contributed by atoms with E-state index in [-0.39, 0.29) is 17.5 Å². The van der Waals surface area contributed by atoms with Gasteiger partial charge in [0.1, 0.15) is 5.75 Å². The lowest BCUT2D eigenvalue weighted by Gasteiger charge is -2.25. The first-order valence-electron chi connectivity index (χ1n) is 7.39. The second-order valence-electron chi connectivity index (χ2n) is 5.56. The molecule has 0 aliphatic rings. The third kappa shape index (κ3) is 4.70. The van der Waals surface area contributed by atoms with Crippen LogP contribution >= 0.6 is 11.6 Å². The van der Waals surface area contributed by atoms with Crippen LogP contribution in [0.5, 0.6) is 5.75 Å². The molecule has 2 aromatic rings. The highest BCUT2D eigenvalue weighted by atomic mass is 35.5. The highest BCUT2D eigenvalue weighted by molar-refractivity contribution is 7.89. The van der Waals surface area contributed by atoms with Crippen LogP contribution in [0.25, 0.3) is 0 Å². The summed E-state index contributed by atoms with van der Waals surface area (Å²) in [6.07, 6.45) is 0. The van der Waals surface area contributed by atoms with Crippen molar-refractivity contribution in [2.75, 3.05) is 27.7 Å². The smallest absolute Gasteiger partial charge is 0.240 e. The van der Waals surface area contributed by atoms with E-state index in [4.69, 9.17) is 16.3 Å². The molecule has 24 heavy (non-hydrogen) atoms. The van der Waals surface area contributed by atoms with E-state index in [2.05, 4.69) is 4.72 Å². The molecule has 0 saturated heterocycles. The van der Waals surface area contributed by atoms with Crippen molar-refractivity contribution >= 4 is 21.6 Å². The van der Waals surface area contributed by atoms with E-state index in [1.807, 2.05) is 43.3 Å². The number of methoxy groups -OCH3 is 1. The molecule has 0 saturated carbocycles. The zero-order valence-corrected chi connectivity index (χ0v) is 15.4. The van der Waals surface area contributed by atoms with Crippen molar-refractivity contribution < 1.29 is 13.2 Å². The van der Waals surface area contributed by atoms with Gasteiger partial charge in [-0.1, -0.05) is 23.7 Å². The third-order valence-corrected chi connectivity index (χ3v) is 5.38. The molecule has 1 unspecified atom stereocenters. The van der Waals surface area contributed by atoms with Crippen LogP contribution in [0.1, 0.15) is 11.6 Å². The van der Waals surface area contributed by atoms with Gasteiger partial charge in [0.2, 0.25) is 10.0 Å². The van der Waals surface area contributed by atoms with Gasteiger partial charge in [-0.2, -0.15) is 0 Å². The number of rotatable bonds is 7. The quantitative estimate of drug-likeness (QED) is 0.816. The maximum Gasteiger partial charge on any atom is 0.240 e. The van der Waals surface area contributed by atoms with E-state index in [9.17, 15) is 8.42 Å². The molecule has 130 valence electrons. The molecule has 0 aliphatic carbocycles. The maximum absolute atomic E-state index is 12.4. The highest BCUT2D eigenvalue weighted by Crippen LogP contribution is 2.23. The molecule has 0 fully saturated rings. The summed E-state index contributed by atoms with van der Waals surface area (Å²) in [5, 5.41) is 0.497. The van der Waals surface area contributed by atoms with E-state index >= 15 is 0 Å². The lowest BCUT2D eigenvalue weighted by Crippen LogP contribution is -2.34. The number of benzene rings is 2. The van der Waals surface area contributed by atoms with Crippen LogP contribution < -0.4 is 9.46 Å². The largest absolute Gasteiger partial charge is 0.497 e. The lowest BCUT2D eigenvalue weighted by atomic mass is 10.1. The minimum atomic E-state index is -3.60. The number of hydrogen-bond donors (Lipinski definition) is 1. The fourth-order valence-electron chi connectivity index (χ4n) is 2.33. The van der Waals surface area contributed by atoms with Crippen molar-refractivity contribution in [2.24, 2.45) is 0 Å². The first-order chi connectivity index (χ1) is 11.3. The molecule has 0 aromatic heterocycles. The molecule has 0 radical (unpaired) electrons. The Hall–Kier alpha value is -1.60. The van der Waals surface area contributed by atoms with Gasteiger partial charge < -0.3 is 9.64 Å². The van der Waals surface area contributed by atoms with E-state index in [0.717, 1.165) is 11.3 Å². The highest BCUT2D eigenvalue weighted by Gasteiger charge is 2.20. The number of likely N-dealkylation sites (N-methyl/N-ethyl adjacent to an activating group) is 1. The standard InChI is InChI=1S/C17H21ClN2O3S/c1-20(2)17(13-5-4-6-15(11-13)23-3)12-19-24(21,22)16-9-7-14(18)8-10-16/h4-11,17,19H,12H2,1-3H3. The predicted molar refractivity (Wildman–Crippen MR) is 96.1 cm³/mol. The molecule has 0 bridgehead atoms. The van der Waals surface area contributed by atoms with Crippen LogP contribution in [0.15, 0.2) is 53.4 Å². The first kappa shape index (κ1) is 18.7. The summed E-state index contributed by atoms with van der Waals surface area (Å²) >= 11 is 5.81. The maximum atomic E-state index is 12.4. The molecule has 0 aliphatic heterocycles. The Kier molecular flexibility index (Phi) is 6.23. The van der Waals surface area contributed by atoms with Crippen molar-refractivity contribution in [1.29, 1.82) is 0 Å². The Morgan fingerprint density at radius 3 is 2.42 bits per heavy atom. The van der Waals surface area contributed by atoms with Gasteiger partial charge in [-0.05, 0) is 56.1 Å². The molecular formula is C17H21ClN2O3S. The van der Waals surface area contributed by atoms with Gasteiger partial charge in [0, 0.05) is 17.6 Å². The zero-order valence-electron chi connectivity index (χ0n) is 13.9. The summed E-state index contributed by atoms with van der Waals surface area (Å²) in [7, 11) is 1.82. The third-order valence-electron chi connectivity index (χ3n) is 3.69. The van der Waals surface area contributed by atoms with Crippen molar-refractivity contribution in [2.45, 2.75) is 10.9 Å². The van der Waals surface area contributed by atoms with Crippen LogP contribution in [0.4, 0.5) is 0 Å². The van der Waals surface area contributed by atoms with Crippen molar-refractivity contribution in [3.8, 4) is 5.75 Å². The summed E-state index contributed by atoms with van der Waals surface area (Å²) in [6.45, 7) is 0.241. The minimum absolute atomic E-state index is 0.123. The van der Waals surface area contributed by atoms with Gasteiger partial charge in [0.05, 0.1) is 12.0 Å². The predicted octanol–water partition coefficient (Wildman–Crippen LogP) is 2.93. The molecule has 5 nitrogen and oxygen atoms in total. The fourth-order valence-corrected chi connectivity index (χ4v) is 3.50. The van der Waals surface area contributed by atoms with E-state index in [0.29, 0.717) is 5.02 Å². The SMILES string of the molecule is COc1cccc(C(CNS(=O)(=O)c2ccc(Cl)cc2)N(C)C)c1. The van der Waals surface area contributed by atoms with Gasteiger partial charge >= 0.3 is 0 Å². The summed E-state index contributed by atoms with van der Waals surface area (Å²) < 4.78 is 32.8. The number of ether oxygens (including phenoxy) is 1. The van der Waals surface area contributed by atoms with Crippen molar-refractivity contribution in [1.82, 2.24) is 9.62 Å². The number of nitrogens with one attached hydrogen (secondary N) is 1. The molecule has 0 spiro atoms. The fraction of sp³-hybridized carbons (Fsp3) is 0.294. The summed E-state index contributed by atoms with van der Waals surface area (Å²) in [4.78, 5) is 2.15. The molecule has 7 heteroatoms. The number of nitrogens with zero attached hydrogens (tertiary/aromatic N) is 1. The first-order valence-corrected chi connectivity index (χ1v) is 9.25. The van der Waals surface area contributed by atoms with Gasteiger partial charge in [-0.25, -0.2) is 13.1 Å². The second kappa shape index (κ2) is 7.98. The Labute approximate surface area is 148 Å². The Balaban J connectivity index is 2.17. The number of halogens is 1. The average molecular weight is 369 g/mol. The Morgan fingerprint density at radius 1 is 1.17 bits per heavy atom. The second-order valence-corrected chi connectivity index (χ2v) is 7.77. The summed E-state index contributed by atoms with van der Waals surface area (Å²) in [5.41, 5.74) is 0.971. The monoisotopic (exact) mass is 368 g/mol. The normalized spacial score (nSPS) is 13.0. The molecule has 1 atom stereocenters. The van der Waals surface area contributed by atoms with Gasteiger partial charge in [-0.3, -0.25) is 0 Å². The Bertz CT molecular complexity index is 777. The van der Waals surface area contributed by atoms with Crippen molar-refractivity contribution in [3.63, 3.8) is 0 Å². The van der Waals surface area contributed by atoms with E-state index < -0.39 is 10.0 Å².